The second kappa shape index (κ2) is 8.19. The van der Waals surface area contributed by atoms with E-state index >= 15 is 0 Å². The Labute approximate surface area is 119 Å². The van der Waals surface area contributed by atoms with Crippen molar-refractivity contribution in [3.8, 4) is 5.75 Å². The molecule has 0 aliphatic rings. The van der Waals surface area contributed by atoms with Gasteiger partial charge in [-0.3, -0.25) is 9.59 Å². The minimum atomic E-state index is -0.422. The summed E-state index contributed by atoms with van der Waals surface area (Å²) in [7, 11) is 1.30. The van der Waals surface area contributed by atoms with E-state index in [1.165, 1.54) is 12.0 Å². The Morgan fingerprint density at radius 2 is 2.00 bits per heavy atom. The molecular formula is C15H21NO4. The largest absolute Gasteiger partial charge is 0.508 e. The molecule has 20 heavy (non-hydrogen) atoms. The zero-order valence-electron chi connectivity index (χ0n) is 12.0. The SMILES string of the molecule is CCCN(CC(=O)OC)C(=O)CCc1ccccc1O. The molecule has 0 aliphatic carbocycles. The summed E-state index contributed by atoms with van der Waals surface area (Å²) >= 11 is 0. The number of esters is 1. The van der Waals surface area contributed by atoms with Crippen LogP contribution in [0, 0.1) is 0 Å². The molecule has 0 saturated carbocycles. The Bertz CT molecular complexity index is 459. The second-order valence-electron chi connectivity index (χ2n) is 4.52. The van der Waals surface area contributed by atoms with Gasteiger partial charge in [0.05, 0.1) is 7.11 Å². The van der Waals surface area contributed by atoms with Crippen LogP contribution in [0.1, 0.15) is 25.3 Å². The number of rotatable bonds is 7. The maximum absolute atomic E-state index is 12.1. The lowest BCUT2D eigenvalue weighted by molar-refractivity contribution is -0.147. The number of ether oxygens (including phenoxy) is 1. The van der Waals surface area contributed by atoms with Crippen molar-refractivity contribution in [1.29, 1.82) is 0 Å². The molecule has 0 atom stereocenters. The Balaban J connectivity index is 2.58. The van der Waals surface area contributed by atoms with Crippen molar-refractivity contribution in [1.82, 2.24) is 4.90 Å². The van der Waals surface area contributed by atoms with Gasteiger partial charge in [0.25, 0.3) is 0 Å². The number of aromatic hydroxyl groups is 1. The van der Waals surface area contributed by atoms with E-state index in [0.717, 1.165) is 12.0 Å². The van der Waals surface area contributed by atoms with Crippen LogP contribution in [0.15, 0.2) is 24.3 Å². The number of aryl methyl sites for hydroxylation is 1. The fourth-order valence-corrected chi connectivity index (χ4v) is 1.90. The molecular weight excluding hydrogens is 258 g/mol. The predicted molar refractivity (Wildman–Crippen MR) is 75.3 cm³/mol. The van der Waals surface area contributed by atoms with Crippen LogP contribution in [0.4, 0.5) is 0 Å². The molecule has 0 heterocycles. The van der Waals surface area contributed by atoms with Crippen LogP contribution < -0.4 is 0 Å². The molecule has 1 amide bonds. The van der Waals surface area contributed by atoms with Gasteiger partial charge in [-0.2, -0.15) is 0 Å². The van der Waals surface area contributed by atoms with Gasteiger partial charge in [-0.05, 0) is 24.5 Å². The van der Waals surface area contributed by atoms with Gasteiger partial charge in [-0.15, -0.1) is 0 Å². The van der Waals surface area contributed by atoms with Gasteiger partial charge in [0.2, 0.25) is 5.91 Å². The molecule has 0 spiro atoms. The van der Waals surface area contributed by atoms with E-state index < -0.39 is 5.97 Å². The van der Waals surface area contributed by atoms with Crippen LogP contribution in [0.2, 0.25) is 0 Å². The molecule has 5 heteroatoms. The minimum Gasteiger partial charge on any atom is -0.508 e. The lowest BCUT2D eigenvalue weighted by atomic mass is 10.1. The number of carbonyl (C=O) groups excluding carboxylic acids is 2. The summed E-state index contributed by atoms with van der Waals surface area (Å²) in [5.41, 5.74) is 0.732. The molecule has 0 saturated heterocycles. The van der Waals surface area contributed by atoms with Crippen molar-refractivity contribution in [2.45, 2.75) is 26.2 Å². The number of phenolic OH excluding ortho intramolecular Hbond substituents is 1. The lowest BCUT2D eigenvalue weighted by Gasteiger charge is -2.20. The highest BCUT2D eigenvalue weighted by molar-refractivity contribution is 5.82. The number of hydrogen-bond acceptors (Lipinski definition) is 4. The summed E-state index contributed by atoms with van der Waals surface area (Å²) < 4.78 is 4.59. The number of para-hydroxylation sites is 1. The Kier molecular flexibility index (Phi) is 6.56. The quantitative estimate of drug-likeness (QED) is 0.772. The first-order valence-electron chi connectivity index (χ1n) is 6.70. The summed E-state index contributed by atoms with van der Waals surface area (Å²) in [5, 5.41) is 9.65. The summed E-state index contributed by atoms with van der Waals surface area (Å²) in [6.07, 6.45) is 1.49. The van der Waals surface area contributed by atoms with Crippen LogP contribution in [-0.2, 0) is 20.7 Å². The molecule has 0 aromatic heterocycles. The zero-order chi connectivity index (χ0) is 15.0. The highest BCUT2D eigenvalue weighted by Gasteiger charge is 2.16. The number of benzene rings is 1. The van der Waals surface area contributed by atoms with Crippen molar-refractivity contribution in [3.63, 3.8) is 0 Å². The summed E-state index contributed by atoms with van der Waals surface area (Å²) in [6, 6.07) is 6.93. The van der Waals surface area contributed by atoms with Crippen molar-refractivity contribution in [3.05, 3.63) is 29.8 Å². The van der Waals surface area contributed by atoms with Gasteiger partial charge < -0.3 is 14.7 Å². The van der Waals surface area contributed by atoms with E-state index in [0.29, 0.717) is 13.0 Å². The minimum absolute atomic E-state index is 0.0239. The smallest absolute Gasteiger partial charge is 0.325 e. The molecule has 5 nitrogen and oxygen atoms in total. The highest BCUT2D eigenvalue weighted by atomic mass is 16.5. The molecule has 1 aromatic rings. The first-order chi connectivity index (χ1) is 9.58. The Morgan fingerprint density at radius 1 is 1.30 bits per heavy atom. The van der Waals surface area contributed by atoms with Gasteiger partial charge in [-0.1, -0.05) is 25.1 Å². The molecule has 0 radical (unpaired) electrons. The number of nitrogens with zero attached hydrogens (tertiary/aromatic N) is 1. The van der Waals surface area contributed by atoms with Crippen molar-refractivity contribution in [2.75, 3.05) is 20.2 Å². The van der Waals surface area contributed by atoms with Gasteiger partial charge in [0.1, 0.15) is 12.3 Å². The number of amides is 1. The zero-order valence-corrected chi connectivity index (χ0v) is 12.0. The average Bonchev–Trinajstić information content (AvgIpc) is 2.45. The molecule has 0 fully saturated rings. The van der Waals surface area contributed by atoms with E-state index in [9.17, 15) is 14.7 Å². The van der Waals surface area contributed by atoms with Gasteiger partial charge in [0.15, 0.2) is 0 Å². The second-order valence-corrected chi connectivity index (χ2v) is 4.52. The third-order valence-electron chi connectivity index (χ3n) is 2.99. The molecule has 1 rings (SSSR count). The summed E-state index contributed by atoms with van der Waals surface area (Å²) in [5.74, 6) is -0.342. The number of carbonyl (C=O) groups is 2. The molecule has 110 valence electrons. The standard InChI is InChI=1S/C15H21NO4/c1-3-10-16(11-15(19)20-2)14(18)9-8-12-6-4-5-7-13(12)17/h4-7,17H,3,8-11H2,1-2H3. The lowest BCUT2D eigenvalue weighted by Crippen LogP contribution is -2.36. The van der Waals surface area contributed by atoms with E-state index in [2.05, 4.69) is 4.74 Å². The first-order valence-corrected chi connectivity index (χ1v) is 6.70. The van der Waals surface area contributed by atoms with Crippen LogP contribution in [0.3, 0.4) is 0 Å². The van der Waals surface area contributed by atoms with Crippen LogP contribution >= 0.6 is 0 Å². The average molecular weight is 279 g/mol. The highest BCUT2D eigenvalue weighted by Crippen LogP contribution is 2.17. The molecule has 1 aromatic carbocycles. The van der Waals surface area contributed by atoms with E-state index in [1.54, 1.807) is 18.2 Å². The molecule has 0 bridgehead atoms. The molecule has 0 aliphatic heterocycles. The maximum atomic E-state index is 12.1. The summed E-state index contributed by atoms with van der Waals surface area (Å²) in [4.78, 5) is 24.9. The van der Waals surface area contributed by atoms with Crippen LogP contribution in [0.5, 0.6) is 5.75 Å². The molecule has 0 unspecified atom stereocenters. The fourth-order valence-electron chi connectivity index (χ4n) is 1.90. The maximum Gasteiger partial charge on any atom is 0.325 e. The van der Waals surface area contributed by atoms with Gasteiger partial charge in [0, 0.05) is 13.0 Å². The van der Waals surface area contributed by atoms with E-state index in [4.69, 9.17) is 0 Å². The van der Waals surface area contributed by atoms with Gasteiger partial charge in [-0.25, -0.2) is 0 Å². The molecule has 1 N–H and O–H groups in total. The first kappa shape index (κ1) is 16.0. The van der Waals surface area contributed by atoms with E-state index in [1.807, 2.05) is 13.0 Å². The van der Waals surface area contributed by atoms with Crippen LogP contribution in [-0.4, -0.2) is 42.1 Å². The Hall–Kier alpha value is -2.04. The van der Waals surface area contributed by atoms with Gasteiger partial charge >= 0.3 is 5.97 Å². The van der Waals surface area contributed by atoms with E-state index in [-0.39, 0.29) is 24.6 Å². The van der Waals surface area contributed by atoms with Crippen LogP contribution in [0.25, 0.3) is 0 Å². The summed E-state index contributed by atoms with van der Waals surface area (Å²) in [6.45, 7) is 2.44. The normalized spacial score (nSPS) is 10.1. The monoisotopic (exact) mass is 279 g/mol. The fraction of sp³-hybridized carbons (Fsp3) is 0.467. The van der Waals surface area contributed by atoms with Crippen molar-refractivity contribution >= 4 is 11.9 Å². The Morgan fingerprint density at radius 3 is 2.60 bits per heavy atom. The topological polar surface area (TPSA) is 66.8 Å². The predicted octanol–water partition coefficient (Wildman–Crippen LogP) is 1.74. The number of phenols is 1. The number of methoxy groups -OCH3 is 1. The van der Waals surface area contributed by atoms with Crippen molar-refractivity contribution in [2.24, 2.45) is 0 Å². The van der Waals surface area contributed by atoms with Crippen molar-refractivity contribution < 1.29 is 19.4 Å². The number of hydrogen-bond donors (Lipinski definition) is 1. The third kappa shape index (κ3) is 4.91. The third-order valence-corrected chi connectivity index (χ3v) is 2.99.